The van der Waals surface area contributed by atoms with Crippen LogP contribution in [0, 0.1) is 0 Å². The van der Waals surface area contributed by atoms with E-state index in [2.05, 4.69) is 0 Å². The fourth-order valence-electron chi connectivity index (χ4n) is 1.05. The molecular formula is C11H16O3. The molecule has 0 aliphatic rings. The van der Waals surface area contributed by atoms with Gasteiger partial charge in [-0.3, -0.25) is 0 Å². The molecule has 14 heavy (non-hydrogen) atoms. The van der Waals surface area contributed by atoms with Gasteiger partial charge in [-0.2, -0.15) is 0 Å². The number of ether oxygens (including phenoxy) is 2. The van der Waals surface area contributed by atoms with Crippen LogP contribution in [0.3, 0.4) is 0 Å². The maximum atomic E-state index is 9.07. The summed E-state index contributed by atoms with van der Waals surface area (Å²) >= 11 is 0. The maximum Gasteiger partial charge on any atom is 0.161 e. The average molecular weight is 196 g/mol. The molecule has 0 fully saturated rings. The van der Waals surface area contributed by atoms with E-state index in [4.69, 9.17) is 14.6 Å². The van der Waals surface area contributed by atoms with Crippen molar-refractivity contribution < 1.29 is 14.6 Å². The number of hydrogen-bond donors (Lipinski definition) is 1. The van der Waals surface area contributed by atoms with Crippen molar-refractivity contribution in [2.75, 3.05) is 13.2 Å². The smallest absolute Gasteiger partial charge is 0.161 e. The Hall–Kier alpha value is -1.22. The van der Waals surface area contributed by atoms with Crippen LogP contribution in [0.1, 0.15) is 13.8 Å². The van der Waals surface area contributed by atoms with Crippen LogP contribution in [0.2, 0.25) is 0 Å². The number of rotatable bonds is 5. The zero-order valence-electron chi connectivity index (χ0n) is 8.56. The van der Waals surface area contributed by atoms with Gasteiger partial charge >= 0.3 is 0 Å². The van der Waals surface area contributed by atoms with Crippen molar-refractivity contribution in [3.63, 3.8) is 0 Å². The Labute approximate surface area is 84.3 Å². The van der Waals surface area contributed by atoms with E-state index in [-0.39, 0.29) is 6.61 Å². The molecule has 3 heteroatoms. The summed E-state index contributed by atoms with van der Waals surface area (Å²) in [6, 6.07) is 7.44. The molecule has 0 aliphatic heterocycles. The van der Waals surface area contributed by atoms with E-state index in [1.807, 2.05) is 31.2 Å². The predicted octanol–water partition coefficient (Wildman–Crippen LogP) is 1.84. The second-order valence-electron chi connectivity index (χ2n) is 3.04. The summed E-state index contributed by atoms with van der Waals surface area (Å²) in [6.07, 6.45) is -0.468. The van der Waals surface area contributed by atoms with E-state index in [0.29, 0.717) is 12.4 Å². The third-order valence-electron chi connectivity index (χ3n) is 1.63. The molecule has 0 saturated carbocycles. The first-order valence-corrected chi connectivity index (χ1v) is 4.76. The zero-order chi connectivity index (χ0) is 10.4. The van der Waals surface area contributed by atoms with Crippen LogP contribution < -0.4 is 9.47 Å². The van der Waals surface area contributed by atoms with Gasteiger partial charge in [-0.15, -0.1) is 0 Å². The fourth-order valence-corrected chi connectivity index (χ4v) is 1.05. The molecular weight excluding hydrogens is 180 g/mol. The summed E-state index contributed by atoms with van der Waals surface area (Å²) in [5.74, 6) is 1.39. The van der Waals surface area contributed by atoms with Gasteiger partial charge in [0.2, 0.25) is 0 Å². The van der Waals surface area contributed by atoms with Crippen molar-refractivity contribution in [2.24, 2.45) is 0 Å². The largest absolute Gasteiger partial charge is 0.490 e. The topological polar surface area (TPSA) is 38.7 Å². The summed E-state index contributed by atoms with van der Waals surface area (Å²) in [5, 5.41) is 9.07. The minimum absolute atomic E-state index is 0.282. The normalized spacial score (nSPS) is 12.2. The van der Waals surface area contributed by atoms with E-state index >= 15 is 0 Å². The first kappa shape index (κ1) is 10.9. The number of benzene rings is 1. The molecule has 1 N–H and O–H groups in total. The molecule has 1 aromatic rings. The van der Waals surface area contributed by atoms with Crippen LogP contribution in [-0.2, 0) is 0 Å². The minimum atomic E-state index is -0.468. The lowest BCUT2D eigenvalue weighted by atomic mass is 10.3. The predicted molar refractivity (Wildman–Crippen MR) is 54.8 cm³/mol. The third-order valence-corrected chi connectivity index (χ3v) is 1.63. The zero-order valence-corrected chi connectivity index (χ0v) is 8.56. The Morgan fingerprint density at radius 3 is 2.29 bits per heavy atom. The Bertz CT molecular complexity index is 271. The first-order chi connectivity index (χ1) is 6.74. The van der Waals surface area contributed by atoms with Crippen molar-refractivity contribution in [1.29, 1.82) is 0 Å². The van der Waals surface area contributed by atoms with Crippen LogP contribution in [0.5, 0.6) is 11.5 Å². The summed E-state index contributed by atoms with van der Waals surface area (Å²) in [5.41, 5.74) is 0. The van der Waals surface area contributed by atoms with Gasteiger partial charge < -0.3 is 14.6 Å². The van der Waals surface area contributed by atoms with Gasteiger partial charge in [-0.25, -0.2) is 0 Å². The highest BCUT2D eigenvalue weighted by Gasteiger charge is 2.04. The highest BCUT2D eigenvalue weighted by atomic mass is 16.5. The Kier molecular flexibility index (Phi) is 4.26. The van der Waals surface area contributed by atoms with Crippen LogP contribution in [0.4, 0.5) is 0 Å². The highest BCUT2D eigenvalue weighted by molar-refractivity contribution is 5.39. The molecule has 0 aromatic heterocycles. The molecule has 1 rings (SSSR count). The quantitative estimate of drug-likeness (QED) is 0.781. The lowest BCUT2D eigenvalue weighted by Crippen LogP contribution is -2.13. The number of aliphatic hydroxyl groups excluding tert-OH is 1. The van der Waals surface area contributed by atoms with Crippen LogP contribution >= 0.6 is 0 Å². The average Bonchev–Trinajstić information content (AvgIpc) is 2.17. The van der Waals surface area contributed by atoms with Crippen molar-refractivity contribution in [2.45, 2.75) is 20.0 Å². The van der Waals surface area contributed by atoms with Crippen molar-refractivity contribution >= 4 is 0 Å². The van der Waals surface area contributed by atoms with Gasteiger partial charge in [-0.05, 0) is 26.0 Å². The standard InChI is InChI=1S/C11H16O3/c1-3-13-10-6-4-5-7-11(10)14-8-9(2)12/h4-7,9,12H,3,8H2,1-2H3. The Morgan fingerprint density at radius 2 is 1.79 bits per heavy atom. The van der Waals surface area contributed by atoms with Crippen LogP contribution in [0.15, 0.2) is 24.3 Å². The van der Waals surface area contributed by atoms with E-state index in [1.165, 1.54) is 0 Å². The van der Waals surface area contributed by atoms with E-state index in [9.17, 15) is 0 Å². The molecule has 1 unspecified atom stereocenters. The monoisotopic (exact) mass is 196 g/mol. The third kappa shape index (κ3) is 3.26. The van der Waals surface area contributed by atoms with Gasteiger partial charge in [0.25, 0.3) is 0 Å². The van der Waals surface area contributed by atoms with Crippen molar-refractivity contribution in [3.8, 4) is 11.5 Å². The molecule has 0 heterocycles. The number of aliphatic hydroxyl groups is 1. The van der Waals surface area contributed by atoms with Gasteiger partial charge in [-0.1, -0.05) is 12.1 Å². The molecule has 3 nitrogen and oxygen atoms in total. The summed E-state index contributed by atoms with van der Waals surface area (Å²) in [4.78, 5) is 0. The molecule has 78 valence electrons. The second-order valence-corrected chi connectivity index (χ2v) is 3.04. The van der Waals surface area contributed by atoms with Gasteiger partial charge in [0.05, 0.1) is 12.7 Å². The van der Waals surface area contributed by atoms with Crippen LogP contribution in [-0.4, -0.2) is 24.4 Å². The molecule has 0 aliphatic carbocycles. The molecule has 0 radical (unpaired) electrons. The van der Waals surface area contributed by atoms with E-state index < -0.39 is 6.10 Å². The maximum absolute atomic E-state index is 9.07. The Balaban J connectivity index is 2.64. The molecule has 1 aromatic carbocycles. The lowest BCUT2D eigenvalue weighted by Gasteiger charge is -2.12. The summed E-state index contributed by atoms with van der Waals surface area (Å²) < 4.78 is 10.7. The summed E-state index contributed by atoms with van der Waals surface area (Å²) in [7, 11) is 0. The van der Waals surface area contributed by atoms with Gasteiger partial charge in [0.1, 0.15) is 6.61 Å². The molecule has 0 spiro atoms. The molecule has 0 bridgehead atoms. The number of para-hydroxylation sites is 2. The second kappa shape index (κ2) is 5.50. The fraction of sp³-hybridized carbons (Fsp3) is 0.455. The van der Waals surface area contributed by atoms with Crippen molar-refractivity contribution in [3.05, 3.63) is 24.3 Å². The molecule has 1 atom stereocenters. The lowest BCUT2D eigenvalue weighted by molar-refractivity contribution is 0.120. The minimum Gasteiger partial charge on any atom is -0.490 e. The SMILES string of the molecule is CCOc1ccccc1OCC(C)O. The summed E-state index contributed by atoms with van der Waals surface area (Å²) in [6.45, 7) is 4.49. The van der Waals surface area contributed by atoms with Gasteiger partial charge in [0.15, 0.2) is 11.5 Å². The van der Waals surface area contributed by atoms with E-state index in [0.717, 1.165) is 5.75 Å². The van der Waals surface area contributed by atoms with Crippen molar-refractivity contribution in [1.82, 2.24) is 0 Å². The molecule has 0 saturated heterocycles. The highest BCUT2D eigenvalue weighted by Crippen LogP contribution is 2.26. The molecule has 0 amide bonds. The first-order valence-electron chi connectivity index (χ1n) is 4.76. The number of hydrogen-bond acceptors (Lipinski definition) is 3. The van der Waals surface area contributed by atoms with Gasteiger partial charge in [0, 0.05) is 0 Å². The van der Waals surface area contributed by atoms with E-state index in [1.54, 1.807) is 6.92 Å². The van der Waals surface area contributed by atoms with Crippen LogP contribution in [0.25, 0.3) is 0 Å². The Morgan fingerprint density at radius 1 is 1.21 bits per heavy atom.